The van der Waals surface area contributed by atoms with Crippen molar-refractivity contribution in [3.05, 3.63) is 101 Å². The number of fused-ring (bicyclic) bond motifs is 2. The Labute approximate surface area is 167 Å². The molecule has 0 fully saturated rings. The Morgan fingerprint density at radius 3 is 2.39 bits per heavy atom. The zero-order valence-electron chi connectivity index (χ0n) is 16.1. The van der Waals surface area contributed by atoms with Crippen LogP contribution in [0.15, 0.2) is 84.4 Å². The van der Waals surface area contributed by atoms with E-state index in [9.17, 15) is 0 Å². The van der Waals surface area contributed by atoms with E-state index in [2.05, 4.69) is 53.4 Å². The molecule has 0 saturated carbocycles. The normalized spacial score (nSPS) is 16.0. The van der Waals surface area contributed by atoms with Gasteiger partial charge in [0.2, 0.25) is 0 Å². The third kappa shape index (κ3) is 3.61. The van der Waals surface area contributed by atoms with Gasteiger partial charge in [0.15, 0.2) is 0 Å². The van der Waals surface area contributed by atoms with Crippen LogP contribution in [0.1, 0.15) is 23.1 Å². The van der Waals surface area contributed by atoms with Gasteiger partial charge in [0, 0.05) is 19.6 Å². The predicted molar refractivity (Wildman–Crippen MR) is 115 cm³/mol. The number of para-hydroxylation sites is 1. The van der Waals surface area contributed by atoms with Crippen molar-refractivity contribution in [1.82, 2.24) is 4.90 Å². The number of hydrogen-bond acceptors (Lipinski definition) is 2. The maximum absolute atomic E-state index is 5.89. The van der Waals surface area contributed by atoms with Crippen molar-refractivity contribution in [2.45, 2.75) is 19.3 Å². The number of benzene rings is 3. The highest BCUT2D eigenvalue weighted by atomic mass is 16.5. The van der Waals surface area contributed by atoms with Crippen molar-refractivity contribution in [1.29, 1.82) is 0 Å². The van der Waals surface area contributed by atoms with E-state index in [4.69, 9.17) is 4.74 Å². The first-order chi connectivity index (χ1) is 13.8. The zero-order valence-corrected chi connectivity index (χ0v) is 16.1. The largest absolute Gasteiger partial charge is 0.457 e. The van der Waals surface area contributed by atoms with E-state index in [0.29, 0.717) is 0 Å². The van der Waals surface area contributed by atoms with E-state index in [-0.39, 0.29) is 0 Å². The second kappa shape index (κ2) is 7.65. The number of ether oxygens (including phenoxy) is 1. The fraction of sp³-hybridized carbons (Fsp3) is 0.231. The molecular weight excluding hydrogens is 342 g/mol. The van der Waals surface area contributed by atoms with E-state index >= 15 is 0 Å². The smallest absolute Gasteiger partial charge is 0.127 e. The predicted octanol–water partition coefficient (Wildman–Crippen LogP) is 5.74. The molecule has 0 saturated heterocycles. The molecule has 1 aliphatic heterocycles. The van der Waals surface area contributed by atoms with E-state index < -0.39 is 0 Å². The molecule has 3 aromatic rings. The van der Waals surface area contributed by atoms with Crippen LogP contribution in [0.4, 0.5) is 0 Å². The fourth-order valence-corrected chi connectivity index (χ4v) is 4.40. The highest BCUT2D eigenvalue weighted by Crippen LogP contribution is 2.37. The molecule has 1 aliphatic carbocycles. The molecule has 28 heavy (non-hydrogen) atoms. The minimum Gasteiger partial charge on any atom is -0.457 e. The van der Waals surface area contributed by atoms with Gasteiger partial charge in [0.05, 0.1) is 0 Å². The van der Waals surface area contributed by atoms with Gasteiger partial charge in [-0.25, -0.2) is 0 Å². The maximum atomic E-state index is 5.89. The van der Waals surface area contributed by atoms with Crippen LogP contribution >= 0.6 is 0 Å². The summed E-state index contributed by atoms with van der Waals surface area (Å²) in [6.45, 7) is 3.41. The Bertz CT molecular complexity index is 988. The molecule has 0 atom stereocenters. The lowest BCUT2D eigenvalue weighted by molar-refractivity contribution is 0.297. The quantitative estimate of drug-likeness (QED) is 0.570. The summed E-state index contributed by atoms with van der Waals surface area (Å²) < 4.78 is 5.89. The Kier molecular flexibility index (Phi) is 4.72. The first-order valence-corrected chi connectivity index (χ1v) is 10.2. The standard InChI is InChI=1S/C26H25NO/c1-2-7-23(8-3-1)28-24-12-10-20(11-13-24)14-16-27-17-15-26-22(19-27)18-21-6-4-5-9-25(21)26/h1-13H,14-19H2. The number of rotatable bonds is 5. The Morgan fingerprint density at radius 2 is 1.54 bits per heavy atom. The van der Waals surface area contributed by atoms with Gasteiger partial charge in [-0.05, 0) is 71.4 Å². The lowest BCUT2D eigenvalue weighted by Crippen LogP contribution is -2.32. The molecule has 0 N–H and O–H groups in total. The molecule has 2 nitrogen and oxygen atoms in total. The molecule has 0 amide bonds. The fourth-order valence-electron chi connectivity index (χ4n) is 4.40. The van der Waals surface area contributed by atoms with Gasteiger partial charge in [-0.3, -0.25) is 4.90 Å². The topological polar surface area (TPSA) is 12.5 Å². The number of hydrogen-bond donors (Lipinski definition) is 0. The van der Waals surface area contributed by atoms with E-state index in [1.165, 1.54) is 29.7 Å². The van der Waals surface area contributed by atoms with Gasteiger partial charge < -0.3 is 4.74 Å². The van der Waals surface area contributed by atoms with Crippen LogP contribution < -0.4 is 4.74 Å². The lowest BCUT2D eigenvalue weighted by atomic mass is 9.99. The van der Waals surface area contributed by atoms with Crippen LogP contribution in [-0.4, -0.2) is 24.5 Å². The van der Waals surface area contributed by atoms with Crippen molar-refractivity contribution < 1.29 is 4.74 Å². The first-order valence-electron chi connectivity index (χ1n) is 10.2. The summed E-state index contributed by atoms with van der Waals surface area (Å²) in [5.74, 6) is 1.77. The van der Waals surface area contributed by atoms with Crippen LogP contribution in [0.25, 0.3) is 5.57 Å². The molecule has 2 heteroatoms. The highest BCUT2D eigenvalue weighted by Gasteiger charge is 2.26. The summed E-state index contributed by atoms with van der Waals surface area (Å²) >= 11 is 0. The summed E-state index contributed by atoms with van der Waals surface area (Å²) in [5.41, 5.74) is 7.65. The molecule has 0 spiro atoms. The molecular formula is C26H25NO. The van der Waals surface area contributed by atoms with Gasteiger partial charge >= 0.3 is 0 Å². The minimum atomic E-state index is 0.880. The van der Waals surface area contributed by atoms with Crippen molar-refractivity contribution in [2.75, 3.05) is 19.6 Å². The van der Waals surface area contributed by atoms with Crippen LogP contribution in [0, 0.1) is 0 Å². The summed E-state index contributed by atoms with van der Waals surface area (Å²) in [6.07, 6.45) is 3.42. The van der Waals surface area contributed by atoms with Gasteiger partial charge in [-0.2, -0.15) is 0 Å². The molecule has 3 aromatic carbocycles. The molecule has 0 aromatic heterocycles. The summed E-state index contributed by atoms with van der Waals surface area (Å²) in [7, 11) is 0. The number of nitrogens with zero attached hydrogens (tertiary/aromatic N) is 1. The summed E-state index contributed by atoms with van der Waals surface area (Å²) in [5, 5.41) is 0. The highest BCUT2D eigenvalue weighted by molar-refractivity contribution is 5.77. The Hall–Kier alpha value is -2.84. The third-order valence-electron chi connectivity index (χ3n) is 5.88. The second-order valence-corrected chi connectivity index (χ2v) is 7.75. The van der Waals surface area contributed by atoms with E-state index in [1.807, 2.05) is 30.3 Å². The molecule has 2 aliphatic rings. The molecule has 0 radical (unpaired) electrons. The zero-order chi connectivity index (χ0) is 18.8. The lowest BCUT2D eigenvalue weighted by Gasteiger charge is -2.28. The van der Waals surface area contributed by atoms with E-state index in [1.54, 1.807) is 11.1 Å². The van der Waals surface area contributed by atoms with Crippen LogP contribution in [0.5, 0.6) is 11.5 Å². The van der Waals surface area contributed by atoms with Crippen molar-refractivity contribution in [3.63, 3.8) is 0 Å². The Balaban J connectivity index is 1.17. The van der Waals surface area contributed by atoms with Crippen LogP contribution in [0.3, 0.4) is 0 Å². The van der Waals surface area contributed by atoms with Crippen molar-refractivity contribution >= 4 is 5.57 Å². The van der Waals surface area contributed by atoms with Gasteiger partial charge in [-0.15, -0.1) is 0 Å². The van der Waals surface area contributed by atoms with Crippen molar-refractivity contribution in [3.8, 4) is 11.5 Å². The average Bonchev–Trinajstić information content (AvgIpc) is 3.12. The van der Waals surface area contributed by atoms with Crippen molar-refractivity contribution in [2.24, 2.45) is 0 Å². The molecule has 140 valence electrons. The van der Waals surface area contributed by atoms with Gasteiger partial charge in [0.1, 0.15) is 11.5 Å². The SMILES string of the molecule is c1ccc(Oc2ccc(CCN3CCC4=C(Cc5ccccc54)C3)cc2)cc1. The average molecular weight is 367 g/mol. The second-order valence-electron chi connectivity index (χ2n) is 7.75. The minimum absolute atomic E-state index is 0.880. The Morgan fingerprint density at radius 1 is 0.786 bits per heavy atom. The molecule has 0 bridgehead atoms. The molecule has 0 unspecified atom stereocenters. The summed E-state index contributed by atoms with van der Waals surface area (Å²) in [6, 6.07) is 27.4. The molecule has 5 rings (SSSR count). The first kappa shape index (κ1) is 17.3. The summed E-state index contributed by atoms with van der Waals surface area (Å²) in [4.78, 5) is 2.61. The van der Waals surface area contributed by atoms with Gasteiger partial charge in [0.25, 0.3) is 0 Å². The van der Waals surface area contributed by atoms with E-state index in [0.717, 1.165) is 37.4 Å². The van der Waals surface area contributed by atoms with Crippen LogP contribution in [0.2, 0.25) is 0 Å². The van der Waals surface area contributed by atoms with Crippen LogP contribution in [-0.2, 0) is 12.8 Å². The third-order valence-corrected chi connectivity index (χ3v) is 5.88. The maximum Gasteiger partial charge on any atom is 0.127 e. The van der Waals surface area contributed by atoms with Gasteiger partial charge in [-0.1, -0.05) is 54.6 Å². The molecule has 1 heterocycles. The monoisotopic (exact) mass is 367 g/mol.